The Kier molecular flexibility index (Phi) is 7.14. The normalized spacial score (nSPS) is 10.3. The van der Waals surface area contributed by atoms with Gasteiger partial charge in [-0.25, -0.2) is 4.39 Å². The van der Waals surface area contributed by atoms with Crippen molar-refractivity contribution < 1.29 is 23.5 Å². The molecule has 0 aliphatic heterocycles. The standard InChI is InChI=1S/C20H22FNO4/c1-15-7-3-6-10-18(15)25-12-11-20(24)26-14-19(23)22(2)13-16-8-4-5-9-17(16)21/h3-10H,11-14H2,1-2H3. The number of amides is 1. The molecule has 5 nitrogen and oxygen atoms in total. The molecule has 0 unspecified atom stereocenters. The van der Waals surface area contributed by atoms with E-state index in [0.717, 1.165) is 5.56 Å². The fourth-order valence-corrected chi connectivity index (χ4v) is 2.26. The van der Waals surface area contributed by atoms with Crippen LogP contribution in [0, 0.1) is 12.7 Å². The third-order valence-corrected chi connectivity index (χ3v) is 3.81. The van der Waals surface area contributed by atoms with E-state index in [4.69, 9.17) is 9.47 Å². The predicted molar refractivity (Wildman–Crippen MR) is 95.1 cm³/mol. The molecule has 0 heterocycles. The van der Waals surface area contributed by atoms with Gasteiger partial charge in [0.05, 0.1) is 13.0 Å². The zero-order valence-electron chi connectivity index (χ0n) is 14.9. The van der Waals surface area contributed by atoms with E-state index in [-0.39, 0.29) is 32.0 Å². The van der Waals surface area contributed by atoms with Crippen molar-refractivity contribution in [2.24, 2.45) is 0 Å². The summed E-state index contributed by atoms with van der Waals surface area (Å²) in [6, 6.07) is 13.7. The number of para-hydroxylation sites is 1. The van der Waals surface area contributed by atoms with Crippen molar-refractivity contribution in [3.63, 3.8) is 0 Å². The lowest BCUT2D eigenvalue weighted by atomic mass is 10.2. The molecule has 0 saturated carbocycles. The molecule has 2 aromatic rings. The molecule has 0 fully saturated rings. The molecule has 2 aromatic carbocycles. The molecular formula is C20H22FNO4. The van der Waals surface area contributed by atoms with Crippen molar-refractivity contribution in [2.45, 2.75) is 19.9 Å². The summed E-state index contributed by atoms with van der Waals surface area (Å²) in [5.41, 5.74) is 1.38. The van der Waals surface area contributed by atoms with Crippen LogP contribution >= 0.6 is 0 Å². The average molecular weight is 359 g/mol. The highest BCUT2D eigenvalue weighted by molar-refractivity contribution is 5.80. The van der Waals surface area contributed by atoms with Crippen LogP contribution in [0.25, 0.3) is 0 Å². The van der Waals surface area contributed by atoms with Crippen molar-refractivity contribution in [2.75, 3.05) is 20.3 Å². The van der Waals surface area contributed by atoms with E-state index in [1.165, 1.54) is 18.0 Å². The van der Waals surface area contributed by atoms with E-state index in [9.17, 15) is 14.0 Å². The van der Waals surface area contributed by atoms with Crippen LogP contribution in [0.5, 0.6) is 5.75 Å². The number of nitrogens with zero attached hydrogens (tertiary/aromatic N) is 1. The minimum Gasteiger partial charge on any atom is -0.493 e. The zero-order chi connectivity index (χ0) is 18.9. The summed E-state index contributed by atoms with van der Waals surface area (Å²) in [6.45, 7) is 1.81. The van der Waals surface area contributed by atoms with E-state index in [1.807, 2.05) is 31.2 Å². The molecule has 1 amide bonds. The Bertz CT molecular complexity index is 763. The molecule has 0 radical (unpaired) electrons. The topological polar surface area (TPSA) is 55.8 Å². The zero-order valence-corrected chi connectivity index (χ0v) is 14.9. The van der Waals surface area contributed by atoms with E-state index in [1.54, 1.807) is 18.2 Å². The van der Waals surface area contributed by atoms with Gasteiger partial charge in [0.2, 0.25) is 0 Å². The number of aryl methyl sites for hydroxylation is 1. The van der Waals surface area contributed by atoms with E-state index in [2.05, 4.69) is 0 Å². The van der Waals surface area contributed by atoms with Gasteiger partial charge in [-0.3, -0.25) is 9.59 Å². The minimum absolute atomic E-state index is 0.0403. The first-order valence-corrected chi connectivity index (χ1v) is 8.29. The van der Waals surface area contributed by atoms with Crippen molar-refractivity contribution in [1.82, 2.24) is 4.90 Å². The minimum atomic E-state index is -0.522. The first-order valence-electron chi connectivity index (χ1n) is 8.29. The van der Waals surface area contributed by atoms with Crippen LogP contribution in [0.1, 0.15) is 17.5 Å². The first kappa shape index (κ1) is 19.4. The van der Waals surface area contributed by atoms with Crippen LogP contribution in [0.2, 0.25) is 0 Å². The quantitative estimate of drug-likeness (QED) is 0.680. The Hall–Kier alpha value is -2.89. The SMILES string of the molecule is Cc1ccccc1OCCC(=O)OCC(=O)N(C)Cc1ccccc1F. The Balaban J connectivity index is 1.70. The van der Waals surface area contributed by atoms with E-state index in [0.29, 0.717) is 11.3 Å². The van der Waals surface area contributed by atoms with Gasteiger partial charge in [0.15, 0.2) is 6.61 Å². The van der Waals surface area contributed by atoms with Crippen molar-refractivity contribution >= 4 is 11.9 Å². The third-order valence-electron chi connectivity index (χ3n) is 3.81. The van der Waals surface area contributed by atoms with Gasteiger partial charge in [-0.2, -0.15) is 0 Å². The monoisotopic (exact) mass is 359 g/mol. The number of ether oxygens (including phenoxy) is 2. The van der Waals surface area contributed by atoms with Crippen LogP contribution < -0.4 is 4.74 Å². The van der Waals surface area contributed by atoms with Gasteiger partial charge < -0.3 is 14.4 Å². The number of likely N-dealkylation sites (N-methyl/N-ethyl adjacent to an activating group) is 1. The van der Waals surface area contributed by atoms with Crippen LogP contribution in [0.3, 0.4) is 0 Å². The Morgan fingerprint density at radius 1 is 1.08 bits per heavy atom. The molecule has 0 spiro atoms. The van der Waals surface area contributed by atoms with Crippen LogP contribution in [0.15, 0.2) is 48.5 Å². The van der Waals surface area contributed by atoms with Gasteiger partial charge in [-0.05, 0) is 24.6 Å². The maximum atomic E-state index is 13.6. The number of carbonyl (C=O) groups is 2. The van der Waals surface area contributed by atoms with Crippen molar-refractivity contribution in [3.8, 4) is 5.75 Å². The molecule has 26 heavy (non-hydrogen) atoms. The number of hydrogen-bond donors (Lipinski definition) is 0. The summed E-state index contributed by atoms with van der Waals surface area (Å²) < 4.78 is 24.1. The van der Waals surface area contributed by atoms with Gasteiger partial charge in [0.25, 0.3) is 5.91 Å². The summed E-state index contributed by atoms with van der Waals surface area (Å²) in [5.74, 6) is -0.592. The Morgan fingerprint density at radius 3 is 2.50 bits per heavy atom. The van der Waals surface area contributed by atoms with Crippen molar-refractivity contribution in [3.05, 3.63) is 65.5 Å². The molecule has 0 atom stereocenters. The molecule has 0 aliphatic rings. The number of halogens is 1. The largest absolute Gasteiger partial charge is 0.493 e. The third kappa shape index (κ3) is 5.88. The molecular weight excluding hydrogens is 337 g/mol. The lowest BCUT2D eigenvalue weighted by Crippen LogP contribution is -2.31. The van der Waals surface area contributed by atoms with Crippen LogP contribution in [-0.2, 0) is 20.9 Å². The number of rotatable bonds is 8. The maximum absolute atomic E-state index is 13.6. The summed E-state index contributed by atoms with van der Waals surface area (Å²) in [4.78, 5) is 25.0. The Labute approximate surface area is 152 Å². The van der Waals surface area contributed by atoms with Gasteiger partial charge in [-0.1, -0.05) is 36.4 Å². The highest BCUT2D eigenvalue weighted by Crippen LogP contribution is 2.16. The van der Waals surface area contributed by atoms with Gasteiger partial charge in [-0.15, -0.1) is 0 Å². The average Bonchev–Trinajstić information content (AvgIpc) is 2.63. The van der Waals surface area contributed by atoms with E-state index >= 15 is 0 Å². The molecule has 138 valence electrons. The molecule has 0 saturated heterocycles. The second kappa shape index (κ2) is 9.56. The predicted octanol–water partition coefficient (Wildman–Crippen LogP) is 3.10. The summed E-state index contributed by atoms with van der Waals surface area (Å²) in [5, 5.41) is 0. The molecule has 0 aromatic heterocycles. The number of hydrogen-bond acceptors (Lipinski definition) is 4. The second-order valence-corrected chi connectivity index (χ2v) is 5.87. The molecule has 0 aliphatic carbocycles. The molecule has 0 bridgehead atoms. The summed E-state index contributed by atoms with van der Waals surface area (Å²) in [7, 11) is 1.53. The van der Waals surface area contributed by atoms with Gasteiger partial charge in [0.1, 0.15) is 11.6 Å². The van der Waals surface area contributed by atoms with E-state index < -0.39 is 11.9 Å². The van der Waals surface area contributed by atoms with Crippen LogP contribution in [-0.4, -0.2) is 37.0 Å². The maximum Gasteiger partial charge on any atom is 0.309 e. The summed E-state index contributed by atoms with van der Waals surface area (Å²) in [6.07, 6.45) is 0.0403. The van der Waals surface area contributed by atoms with Gasteiger partial charge in [0, 0.05) is 19.2 Å². The highest BCUT2D eigenvalue weighted by Gasteiger charge is 2.14. The molecule has 6 heteroatoms. The Morgan fingerprint density at radius 2 is 1.77 bits per heavy atom. The summed E-state index contributed by atoms with van der Waals surface area (Å²) >= 11 is 0. The number of benzene rings is 2. The fourth-order valence-electron chi connectivity index (χ4n) is 2.26. The van der Waals surface area contributed by atoms with Crippen LogP contribution in [0.4, 0.5) is 4.39 Å². The number of carbonyl (C=O) groups excluding carboxylic acids is 2. The lowest BCUT2D eigenvalue weighted by molar-refractivity contribution is -0.152. The molecule has 0 N–H and O–H groups in total. The highest BCUT2D eigenvalue weighted by atomic mass is 19.1. The second-order valence-electron chi connectivity index (χ2n) is 5.87. The smallest absolute Gasteiger partial charge is 0.309 e. The van der Waals surface area contributed by atoms with Crippen molar-refractivity contribution in [1.29, 1.82) is 0 Å². The van der Waals surface area contributed by atoms with Gasteiger partial charge >= 0.3 is 5.97 Å². The lowest BCUT2D eigenvalue weighted by Gasteiger charge is -2.17. The number of esters is 1. The fraction of sp³-hybridized carbons (Fsp3) is 0.300. The molecule has 2 rings (SSSR count). The first-order chi connectivity index (χ1) is 12.5.